The van der Waals surface area contributed by atoms with Gasteiger partial charge in [-0.1, -0.05) is 41.0 Å². The molecule has 0 unspecified atom stereocenters. The van der Waals surface area contributed by atoms with Crippen molar-refractivity contribution >= 4 is 34.1 Å². The highest BCUT2D eigenvalue weighted by molar-refractivity contribution is 6.36. The Kier molecular flexibility index (Phi) is 2.87. The van der Waals surface area contributed by atoms with Gasteiger partial charge in [0.05, 0.1) is 0 Å². The fraction of sp³-hybridized carbons (Fsp3) is 0.143. The second kappa shape index (κ2) is 4.55. The van der Waals surface area contributed by atoms with Gasteiger partial charge in [-0.2, -0.15) is 0 Å². The minimum Gasteiger partial charge on any atom is -0.486 e. The van der Waals surface area contributed by atoms with Gasteiger partial charge in [-0.25, -0.2) is 4.79 Å². The van der Waals surface area contributed by atoms with Gasteiger partial charge in [-0.15, -0.1) is 0 Å². The van der Waals surface area contributed by atoms with Crippen LogP contribution in [0.3, 0.4) is 0 Å². The number of carbonyl (C=O) groups is 1. The van der Waals surface area contributed by atoms with E-state index in [0.29, 0.717) is 10.7 Å². The molecule has 0 amide bonds. The van der Waals surface area contributed by atoms with Crippen molar-refractivity contribution in [3.8, 4) is 5.75 Å². The molecule has 2 aromatic rings. The van der Waals surface area contributed by atoms with Crippen LogP contribution < -0.4 is 4.74 Å². The van der Waals surface area contributed by atoms with Crippen molar-refractivity contribution in [3.63, 3.8) is 0 Å². The van der Waals surface area contributed by atoms with E-state index < -0.39 is 5.97 Å². The summed E-state index contributed by atoms with van der Waals surface area (Å²) in [4.78, 5) is 15.5. The molecule has 1 aliphatic rings. The molecule has 0 spiro atoms. The number of rotatable bonds is 1. The summed E-state index contributed by atoms with van der Waals surface area (Å²) in [7, 11) is 0. The Bertz CT molecular complexity index is 709. The molecular formula is C14H10ClNO3. The lowest BCUT2D eigenvalue weighted by atomic mass is 10.0. The van der Waals surface area contributed by atoms with Gasteiger partial charge >= 0.3 is 5.97 Å². The topological polar surface area (TPSA) is 47.9 Å². The smallest absolute Gasteiger partial charge is 0.331 e. The number of oxime groups is 1. The summed E-state index contributed by atoms with van der Waals surface area (Å²) >= 11 is 6.25. The third-order valence-electron chi connectivity index (χ3n) is 2.89. The number of nitrogens with zero attached hydrogens (tertiary/aromatic N) is 1. The van der Waals surface area contributed by atoms with Gasteiger partial charge in [-0.05, 0) is 6.07 Å². The Morgan fingerprint density at radius 2 is 2.11 bits per heavy atom. The molecule has 19 heavy (non-hydrogen) atoms. The van der Waals surface area contributed by atoms with Gasteiger partial charge in [0, 0.05) is 28.3 Å². The van der Waals surface area contributed by atoms with Crippen LogP contribution in [-0.2, 0) is 9.63 Å². The van der Waals surface area contributed by atoms with E-state index in [0.717, 1.165) is 22.1 Å². The molecule has 0 N–H and O–H groups in total. The highest BCUT2D eigenvalue weighted by Gasteiger charge is 2.24. The molecule has 5 heteroatoms. The van der Waals surface area contributed by atoms with Crippen molar-refractivity contribution in [2.45, 2.75) is 6.92 Å². The van der Waals surface area contributed by atoms with E-state index in [1.807, 2.05) is 24.3 Å². The predicted molar refractivity (Wildman–Crippen MR) is 72.8 cm³/mol. The first-order valence-electron chi connectivity index (χ1n) is 5.75. The van der Waals surface area contributed by atoms with E-state index >= 15 is 0 Å². The zero-order valence-corrected chi connectivity index (χ0v) is 10.9. The van der Waals surface area contributed by atoms with Crippen LogP contribution in [0.15, 0.2) is 35.5 Å². The van der Waals surface area contributed by atoms with E-state index in [2.05, 4.69) is 9.99 Å². The van der Waals surface area contributed by atoms with Crippen LogP contribution in [0.4, 0.5) is 0 Å². The van der Waals surface area contributed by atoms with Crippen LogP contribution >= 0.6 is 11.6 Å². The highest BCUT2D eigenvalue weighted by atomic mass is 35.5. The monoisotopic (exact) mass is 275 g/mol. The van der Waals surface area contributed by atoms with E-state index in [9.17, 15) is 4.79 Å². The first-order valence-corrected chi connectivity index (χ1v) is 6.13. The molecule has 0 atom stereocenters. The zero-order valence-electron chi connectivity index (χ0n) is 10.1. The highest BCUT2D eigenvalue weighted by Crippen LogP contribution is 2.38. The van der Waals surface area contributed by atoms with Crippen molar-refractivity contribution in [2.24, 2.45) is 5.16 Å². The SMILES string of the molecule is CC(=O)O/N=C1\COc2c1cc(Cl)c1ccccc21. The fourth-order valence-electron chi connectivity index (χ4n) is 2.09. The number of carbonyl (C=O) groups excluding carboxylic acids is 1. The van der Waals surface area contributed by atoms with Crippen LogP contribution in [-0.4, -0.2) is 18.3 Å². The summed E-state index contributed by atoms with van der Waals surface area (Å²) in [5.41, 5.74) is 1.34. The molecule has 0 aromatic heterocycles. The van der Waals surface area contributed by atoms with Crippen LogP contribution in [0.1, 0.15) is 12.5 Å². The predicted octanol–water partition coefficient (Wildman–Crippen LogP) is 3.15. The molecule has 0 bridgehead atoms. The zero-order chi connectivity index (χ0) is 13.4. The third kappa shape index (κ3) is 2.04. The first-order chi connectivity index (χ1) is 9.16. The van der Waals surface area contributed by atoms with Gasteiger partial charge in [0.25, 0.3) is 0 Å². The summed E-state index contributed by atoms with van der Waals surface area (Å²) in [6.07, 6.45) is 0. The van der Waals surface area contributed by atoms with Crippen molar-refractivity contribution in [2.75, 3.05) is 6.61 Å². The van der Waals surface area contributed by atoms with E-state index in [4.69, 9.17) is 16.3 Å². The molecule has 0 aliphatic carbocycles. The molecular weight excluding hydrogens is 266 g/mol. The normalized spacial score (nSPS) is 15.4. The van der Waals surface area contributed by atoms with Crippen molar-refractivity contribution in [1.82, 2.24) is 0 Å². The minimum atomic E-state index is -0.465. The third-order valence-corrected chi connectivity index (χ3v) is 3.21. The number of ether oxygens (including phenoxy) is 1. The number of halogens is 1. The van der Waals surface area contributed by atoms with Crippen LogP contribution in [0.2, 0.25) is 5.02 Å². The van der Waals surface area contributed by atoms with Gasteiger partial charge < -0.3 is 9.57 Å². The second-order valence-electron chi connectivity index (χ2n) is 4.19. The van der Waals surface area contributed by atoms with Crippen LogP contribution in [0.25, 0.3) is 10.8 Å². The first kappa shape index (κ1) is 12.0. The maximum Gasteiger partial charge on any atom is 0.331 e. The molecule has 1 aliphatic heterocycles. The number of benzene rings is 2. The molecule has 1 heterocycles. The van der Waals surface area contributed by atoms with Gasteiger partial charge in [0.15, 0.2) is 0 Å². The fourth-order valence-corrected chi connectivity index (χ4v) is 2.36. The van der Waals surface area contributed by atoms with Crippen LogP contribution in [0.5, 0.6) is 5.75 Å². The number of hydrogen-bond donors (Lipinski definition) is 0. The molecule has 2 aromatic carbocycles. The van der Waals surface area contributed by atoms with Gasteiger partial charge in [-0.3, -0.25) is 0 Å². The summed E-state index contributed by atoms with van der Waals surface area (Å²) in [6, 6.07) is 9.50. The molecule has 4 nitrogen and oxygen atoms in total. The Morgan fingerprint density at radius 1 is 1.37 bits per heavy atom. The molecule has 0 saturated heterocycles. The average Bonchev–Trinajstić information content (AvgIpc) is 2.80. The van der Waals surface area contributed by atoms with E-state index in [1.54, 1.807) is 6.07 Å². The van der Waals surface area contributed by atoms with E-state index in [-0.39, 0.29) is 6.61 Å². The quantitative estimate of drug-likeness (QED) is 0.593. The Hall–Kier alpha value is -2.07. The van der Waals surface area contributed by atoms with Gasteiger partial charge in [0.1, 0.15) is 18.1 Å². The summed E-state index contributed by atoms with van der Waals surface area (Å²) < 4.78 is 5.63. The lowest BCUT2D eigenvalue weighted by Gasteiger charge is -2.05. The number of hydrogen-bond acceptors (Lipinski definition) is 4. The average molecular weight is 276 g/mol. The molecule has 0 saturated carbocycles. The molecule has 0 radical (unpaired) electrons. The molecule has 96 valence electrons. The standard InChI is InChI=1S/C14H10ClNO3/c1-8(17)19-16-13-7-18-14-10-5-3-2-4-9(10)12(15)6-11(13)14/h2-6H,7H2,1H3/b16-13+. The maximum absolute atomic E-state index is 10.8. The van der Waals surface area contributed by atoms with Crippen LogP contribution in [0, 0.1) is 0 Å². The summed E-state index contributed by atoms with van der Waals surface area (Å²) in [6.45, 7) is 1.57. The minimum absolute atomic E-state index is 0.271. The van der Waals surface area contributed by atoms with Crippen molar-refractivity contribution < 1.29 is 14.4 Å². The number of fused-ring (bicyclic) bond motifs is 3. The lowest BCUT2D eigenvalue weighted by Crippen LogP contribution is -2.05. The Labute approximate surface area is 114 Å². The lowest BCUT2D eigenvalue weighted by molar-refractivity contribution is -0.140. The largest absolute Gasteiger partial charge is 0.486 e. The van der Waals surface area contributed by atoms with E-state index in [1.165, 1.54) is 6.92 Å². The van der Waals surface area contributed by atoms with Crippen molar-refractivity contribution in [3.05, 3.63) is 40.9 Å². The Morgan fingerprint density at radius 3 is 2.84 bits per heavy atom. The second-order valence-corrected chi connectivity index (χ2v) is 4.60. The summed E-state index contributed by atoms with van der Waals surface area (Å²) in [5.74, 6) is 0.263. The van der Waals surface area contributed by atoms with Crippen molar-refractivity contribution in [1.29, 1.82) is 0 Å². The summed E-state index contributed by atoms with van der Waals surface area (Å²) in [5, 5.41) is 6.27. The van der Waals surface area contributed by atoms with Gasteiger partial charge in [0.2, 0.25) is 0 Å². The molecule has 0 fully saturated rings. The Balaban J connectivity index is 2.17. The molecule has 3 rings (SSSR count). The maximum atomic E-state index is 10.8.